The molecule has 1 fully saturated rings. The molecule has 0 N–H and O–H groups in total. The van der Waals surface area contributed by atoms with Crippen LogP contribution in [0.4, 0.5) is 0 Å². The maximum Gasteiger partial charge on any atom is 0.236 e. The van der Waals surface area contributed by atoms with Crippen molar-refractivity contribution in [3.63, 3.8) is 0 Å². The maximum absolute atomic E-state index is 5.41. The Hall–Kier alpha value is -0.510. The van der Waals surface area contributed by atoms with Gasteiger partial charge < -0.3 is 18.8 Å². The Balaban J connectivity index is 2.06. The molecule has 172 valence electrons. The summed E-state index contributed by atoms with van der Waals surface area (Å²) in [6.07, 6.45) is 23.6. The standard InChI is InChI=1S/C23H48N3O2P/c1-6-7-8-9-10-11-12-13-14-15-16-17-18-19-20-26-22-21-25(2)23(26)24-29(5,27-3)28-4/h5-22H2,1-4H3. The molecule has 1 rings (SSSR count). The maximum atomic E-state index is 5.41. The summed E-state index contributed by atoms with van der Waals surface area (Å²) in [5, 5.41) is 0. The van der Waals surface area contributed by atoms with Gasteiger partial charge in [-0.05, 0) is 12.7 Å². The summed E-state index contributed by atoms with van der Waals surface area (Å²) in [5.41, 5.74) is 0. The van der Waals surface area contributed by atoms with Gasteiger partial charge in [0.2, 0.25) is 13.5 Å². The highest BCUT2D eigenvalue weighted by Gasteiger charge is 2.25. The first-order chi connectivity index (χ1) is 14.1. The smallest absolute Gasteiger partial charge is 0.236 e. The lowest BCUT2D eigenvalue weighted by Crippen LogP contribution is -2.32. The Kier molecular flexibility index (Phi) is 14.8. The Morgan fingerprint density at radius 1 is 0.793 bits per heavy atom. The summed E-state index contributed by atoms with van der Waals surface area (Å²) in [6.45, 7) is 5.39. The number of hydrogen-bond donors (Lipinski definition) is 0. The fourth-order valence-electron chi connectivity index (χ4n) is 3.85. The van der Waals surface area contributed by atoms with Crippen LogP contribution in [0.5, 0.6) is 0 Å². The molecule has 1 aliphatic heterocycles. The van der Waals surface area contributed by atoms with Gasteiger partial charge in [0.05, 0.1) is 0 Å². The van der Waals surface area contributed by atoms with Crippen molar-refractivity contribution in [1.82, 2.24) is 9.80 Å². The molecule has 1 saturated heterocycles. The summed E-state index contributed by atoms with van der Waals surface area (Å²) in [6, 6.07) is 0. The van der Waals surface area contributed by atoms with E-state index in [0.717, 1.165) is 25.6 Å². The number of rotatable bonds is 18. The summed E-state index contributed by atoms with van der Waals surface area (Å²) in [5.74, 6) is 0.978. The predicted molar refractivity (Wildman–Crippen MR) is 130 cm³/mol. The molecule has 0 radical (unpaired) electrons. The fourth-order valence-corrected chi connectivity index (χ4v) is 4.72. The van der Waals surface area contributed by atoms with Crippen LogP contribution in [0.1, 0.15) is 96.8 Å². The minimum Gasteiger partial charge on any atom is -0.344 e. The van der Waals surface area contributed by atoms with Crippen LogP contribution in [0.25, 0.3) is 0 Å². The summed E-state index contributed by atoms with van der Waals surface area (Å²) in [7, 11) is 2.96. The molecule has 5 nitrogen and oxygen atoms in total. The van der Waals surface area contributed by atoms with E-state index in [1.165, 1.54) is 89.9 Å². The lowest BCUT2D eigenvalue weighted by atomic mass is 10.0. The van der Waals surface area contributed by atoms with Crippen LogP contribution in [0.15, 0.2) is 4.76 Å². The zero-order valence-electron chi connectivity index (χ0n) is 19.8. The van der Waals surface area contributed by atoms with Crippen molar-refractivity contribution >= 4 is 19.7 Å². The third kappa shape index (κ3) is 11.5. The van der Waals surface area contributed by atoms with Crippen LogP contribution in [-0.2, 0) is 9.05 Å². The molecule has 0 saturated carbocycles. The molecule has 0 aromatic rings. The molecule has 0 amide bonds. The number of hydrogen-bond acceptors (Lipinski definition) is 3. The third-order valence-electron chi connectivity index (χ3n) is 5.92. The first-order valence-corrected chi connectivity index (χ1v) is 13.7. The van der Waals surface area contributed by atoms with Crippen molar-refractivity contribution in [2.24, 2.45) is 4.76 Å². The van der Waals surface area contributed by atoms with E-state index >= 15 is 0 Å². The SMILES string of the molecule is C=P(N=C1N(C)CCN1CCCCCCCCCCCCCCCC)(OC)OC. The monoisotopic (exact) mass is 429 g/mol. The van der Waals surface area contributed by atoms with Gasteiger partial charge in [0.25, 0.3) is 0 Å². The second-order valence-corrected chi connectivity index (χ2v) is 10.6. The minimum absolute atomic E-state index is 0.978. The second-order valence-electron chi connectivity index (χ2n) is 8.41. The van der Waals surface area contributed by atoms with Crippen molar-refractivity contribution in [3.05, 3.63) is 0 Å². The lowest BCUT2D eigenvalue weighted by Gasteiger charge is -2.24. The van der Waals surface area contributed by atoms with Crippen LogP contribution < -0.4 is 0 Å². The average Bonchev–Trinajstić information content (AvgIpc) is 3.07. The third-order valence-corrected chi connectivity index (χ3v) is 7.55. The van der Waals surface area contributed by atoms with E-state index in [1.54, 1.807) is 14.2 Å². The van der Waals surface area contributed by atoms with Crippen LogP contribution in [-0.4, -0.2) is 63.0 Å². The van der Waals surface area contributed by atoms with Gasteiger partial charge in [-0.2, -0.15) is 4.76 Å². The van der Waals surface area contributed by atoms with Crippen molar-refractivity contribution in [2.75, 3.05) is 40.9 Å². The quantitative estimate of drug-likeness (QED) is 0.183. The van der Waals surface area contributed by atoms with Crippen LogP contribution in [0, 0.1) is 0 Å². The van der Waals surface area contributed by atoms with E-state index < -0.39 is 7.49 Å². The molecule has 0 atom stereocenters. The van der Waals surface area contributed by atoms with Gasteiger partial charge in [-0.1, -0.05) is 90.4 Å². The largest absolute Gasteiger partial charge is 0.344 e. The molecule has 0 aliphatic carbocycles. The molecule has 0 aromatic carbocycles. The van der Waals surface area contributed by atoms with Gasteiger partial charge in [-0.15, -0.1) is 0 Å². The topological polar surface area (TPSA) is 37.3 Å². The van der Waals surface area contributed by atoms with Gasteiger partial charge in [0.15, 0.2) is 0 Å². The molecule has 1 heterocycles. The fraction of sp³-hybridized carbons (Fsp3) is 0.913. The number of likely N-dealkylation sites (N-methyl/N-ethyl adjacent to an activating group) is 1. The van der Waals surface area contributed by atoms with Crippen LogP contribution >= 0.6 is 7.49 Å². The minimum atomic E-state index is -2.37. The van der Waals surface area contributed by atoms with E-state index in [0.29, 0.717) is 0 Å². The van der Waals surface area contributed by atoms with Gasteiger partial charge in [0, 0.05) is 40.9 Å². The number of nitrogens with zero attached hydrogens (tertiary/aromatic N) is 3. The van der Waals surface area contributed by atoms with Crippen LogP contribution in [0.2, 0.25) is 0 Å². The van der Waals surface area contributed by atoms with Crippen molar-refractivity contribution < 1.29 is 9.05 Å². The van der Waals surface area contributed by atoms with Gasteiger partial charge in [-0.25, -0.2) is 0 Å². The van der Waals surface area contributed by atoms with Gasteiger partial charge in [-0.3, -0.25) is 0 Å². The number of guanidine groups is 1. The van der Waals surface area contributed by atoms with Gasteiger partial charge >= 0.3 is 0 Å². The highest BCUT2D eigenvalue weighted by molar-refractivity contribution is 7.63. The zero-order chi connectivity index (χ0) is 21.4. The van der Waals surface area contributed by atoms with Gasteiger partial charge in [0.1, 0.15) is 0 Å². The first-order valence-electron chi connectivity index (χ1n) is 12.0. The molecular formula is C23H48N3O2P. The first kappa shape index (κ1) is 26.5. The molecule has 0 spiro atoms. The van der Waals surface area contributed by atoms with Crippen molar-refractivity contribution in [2.45, 2.75) is 96.8 Å². The normalized spacial score (nSPS) is 16.3. The second kappa shape index (κ2) is 16.2. The lowest BCUT2D eigenvalue weighted by molar-refractivity contribution is 0.335. The van der Waals surface area contributed by atoms with Crippen molar-refractivity contribution in [3.8, 4) is 0 Å². The molecular weight excluding hydrogens is 381 g/mol. The van der Waals surface area contributed by atoms with E-state index in [1.807, 2.05) is 0 Å². The molecule has 0 aromatic heterocycles. The molecule has 0 bridgehead atoms. The number of unbranched alkanes of at least 4 members (excludes halogenated alkanes) is 13. The van der Waals surface area contributed by atoms with E-state index in [9.17, 15) is 0 Å². The van der Waals surface area contributed by atoms with E-state index in [2.05, 4.69) is 30.1 Å². The predicted octanol–water partition coefficient (Wildman–Crippen LogP) is 6.56. The highest BCUT2D eigenvalue weighted by atomic mass is 31.2. The molecule has 0 unspecified atom stereocenters. The highest BCUT2D eigenvalue weighted by Crippen LogP contribution is 2.48. The van der Waals surface area contributed by atoms with Crippen LogP contribution in [0.3, 0.4) is 0 Å². The van der Waals surface area contributed by atoms with E-state index in [4.69, 9.17) is 13.8 Å². The Morgan fingerprint density at radius 2 is 1.24 bits per heavy atom. The molecule has 1 aliphatic rings. The Bertz CT molecular complexity index is 477. The molecule has 6 heteroatoms. The zero-order valence-corrected chi connectivity index (χ0v) is 20.7. The van der Waals surface area contributed by atoms with Crippen molar-refractivity contribution in [1.29, 1.82) is 0 Å². The summed E-state index contributed by atoms with van der Waals surface area (Å²) in [4.78, 5) is 4.54. The summed E-state index contributed by atoms with van der Waals surface area (Å²) >= 11 is 0. The summed E-state index contributed by atoms with van der Waals surface area (Å²) < 4.78 is 15.5. The van der Waals surface area contributed by atoms with E-state index in [-0.39, 0.29) is 0 Å². The Labute approximate surface area is 181 Å². The molecule has 29 heavy (non-hydrogen) atoms. The Morgan fingerprint density at radius 3 is 1.69 bits per heavy atom. The average molecular weight is 430 g/mol.